The van der Waals surface area contributed by atoms with E-state index in [0.29, 0.717) is 0 Å². The van der Waals surface area contributed by atoms with Gasteiger partial charge in [-0.2, -0.15) is 0 Å². The van der Waals surface area contributed by atoms with E-state index >= 15 is 0 Å². The summed E-state index contributed by atoms with van der Waals surface area (Å²) in [7, 11) is 0. The summed E-state index contributed by atoms with van der Waals surface area (Å²) in [6, 6.07) is 13.1. The summed E-state index contributed by atoms with van der Waals surface area (Å²) in [5.41, 5.74) is 5.37. The van der Waals surface area contributed by atoms with Gasteiger partial charge in [-0.15, -0.1) is 11.3 Å². The Hall–Kier alpha value is -1.54. The van der Waals surface area contributed by atoms with Crippen molar-refractivity contribution in [1.82, 2.24) is 4.98 Å². The zero-order chi connectivity index (χ0) is 12.5. The molecule has 18 heavy (non-hydrogen) atoms. The van der Waals surface area contributed by atoms with Crippen molar-refractivity contribution in [2.24, 2.45) is 0 Å². The topological polar surface area (TPSA) is 15.8 Å². The molecule has 1 N–H and O–H groups in total. The van der Waals surface area contributed by atoms with E-state index in [-0.39, 0.29) is 0 Å². The summed E-state index contributed by atoms with van der Waals surface area (Å²) in [6.07, 6.45) is 2.13. The number of aryl methyl sites for hydroxylation is 2. The lowest BCUT2D eigenvalue weighted by molar-refractivity contribution is 1.15. The standard InChI is InChI=1S/C16H17NS/c1-3-11-13-7-5-9-15(11)18-16-10-6-8-14(17-13)12(16)4-2/h5-10,17H,3-4H2,1-2H3. The summed E-state index contributed by atoms with van der Waals surface area (Å²) < 4.78 is 2.77. The number of aromatic amines is 1. The second-order valence-corrected chi connectivity index (χ2v) is 5.58. The van der Waals surface area contributed by atoms with Gasteiger partial charge in [-0.3, -0.25) is 0 Å². The number of aromatic nitrogens is 1. The minimum atomic E-state index is 1.07. The van der Waals surface area contributed by atoms with Crippen molar-refractivity contribution < 1.29 is 0 Å². The van der Waals surface area contributed by atoms with Crippen LogP contribution in [0.5, 0.6) is 0 Å². The van der Waals surface area contributed by atoms with Crippen molar-refractivity contribution in [3.8, 4) is 0 Å². The number of hydrogen-bond donors (Lipinski definition) is 1. The van der Waals surface area contributed by atoms with Crippen LogP contribution in [0, 0.1) is 0 Å². The fourth-order valence-electron chi connectivity index (χ4n) is 2.55. The molecule has 0 spiro atoms. The lowest BCUT2D eigenvalue weighted by atomic mass is 10.1. The van der Waals surface area contributed by atoms with Gasteiger partial charge in [0.05, 0.1) is 0 Å². The van der Waals surface area contributed by atoms with Gasteiger partial charge in [0.25, 0.3) is 0 Å². The van der Waals surface area contributed by atoms with Crippen molar-refractivity contribution in [2.45, 2.75) is 26.7 Å². The third-order valence-corrected chi connectivity index (χ3v) is 4.67. The van der Waals surface area contributed by atoms with Crippen molar-refractivity contribution in [3.63, 3.8) is 0 Å². The summed E-state index contributed by atoms with van der Waals surface area (Å²) >= 11 is 1.90. The number of nitrogens with one attached hydrogen (secondary N) is 1. The van der Waals surface area contributed by atoms with Crippen LogP contribution in [0.2, 0.25) is 0 Å². The largest absolute Gasteiger partial charge is 0.355 e. The lowest BCUT2D eigenvalue weighted by Gasteiger charge is -2.09. The Kier molecular flexibility index (Phi) is 2.96. The normalized spacial score (nSPS) is 11.2. The van der Waals surface area contributed by atoms with Crippen LogP contribution in [0.15, 0.2) is 36.4 Å². The molecule has 1 heterocycles. The maximum absolute atomic E-state index is 3.61. The van der Waals surface area contributed by atoms with Crippen molar-refractivity contribution in [1.29, 1.82) is 0 Å². The maximum Gasteiger partial charge on any atom is 0.0430 e. The first-order valence-electron chi connectivity index (χ1n) is 6.52. The molecule has 1 nitrogen and oxygen atoms in total. The summed E-state index contributed by atoms with van der Waals surface area (Å²) in [5.74, 6) is 0. The molecule has 92 valence electrons. The highest BCUT2D eigenvalue weighted by Gasteiger charge is 2.05. The fraction of sp³-hybridized carbons (Fsp3) is 0.250. The Bertz CT molecular complexity index is 607. The van der Waals surface area contributed by atoms with E-state index in [9.17, 15) is 0 Å². The van der Waals surface area contributed by atoms with Crippen LogP contribution in [0.4, 0.5) is 0 Å². The summed E-state index contributed by atoms with van der Waals surface area (Å²) in [4.78, 5) is 3.61. The third kappa shape index (κ3) is 1.77. The molecule has 0 saturated heterocycles. The molecule has 0 radical (unpaired) electrons. The molecular formula is C16H17NS. The van der Waals surface area contributed by atoms with E-state index in [1.807, 2.05) is 11.3 Å². The van der Waals surface area contributed by atoms with Crippen LogP contribution in [0.1, 0.15) is 25.0 Å². The Balaban J connectivity index is 2.57. The number of benzene rings is 2. The van der Waals surface area contributed by atoms with Crippen molar-refractivity contribution >= 4 is 31.8 Å². The lowest BCUT2D eigenvalue weighted by Crippen LogP contribution is -1.90. The molecule has 0 unspecified atom stereocenters. The molecule has 3 aromatic rings. The molecule has 0 aliphatic carbocycles. The highest BCUT2D eigenvalue weighted by molar-refractivity contribution is 7.23. The molecule has 0 aliphatic rings. The molecule has 4 bridgehead atoms. The molecule has 0 amide bonds. The Labute approximate surface area is 111 Å². The average Bonchev–Trinajstić information content (AvgIpc) is 2.39. The second-order valence-electron chi connectivity index (χ2n) is 4.50. The minimum Gasteiger partial charge on any atom is -0.355 e. The van der Waals surface area contributed by atoms with Crippen LogP contribution >= 0.6 is 11.3 Å². The molecular weight excluding hydrogens is 238 g/mol. The predicted octanol–water partition coefficient (Wildman–Crippen LogP) is 5.07. The van der Waals surface area contributed by atoms with Gasteiger partial charge in [-0.05, 0) is 48.2 Å². The first kappa shape index (κ1) is 11.5. The zero-order valence-electron chi connectivity index (χ0n) is 10.8. The Morgan fingerprint density at radius 2 is 1.33 bits per heavy atom. The first-order valence-corrected chi connectivity index (χ1v) is 7.33. The van der Waals surface area contributed by atoms with Crippen LogP contribution in [0.25, 0.3) is 20.4 Å². The quantitative estimate of drug-likeness (QED) is 0.658. The van der Waals surface area contributed by atoms with Gasteiger partial charge in [0.2, 0.25) is 0 Å². The molecule has 0 saturated carbocycles. The SMILES string of the molecule is CCc1c2cccc1sc1cccc([nH]2)c1CC. The fourth-order valence-corrected chi connectivity index (χ4v) is 3.83. The van der Waals surface area contributed by atoms with Gasteiger partial charge in [0, 0.05) is 20.4 Å². The molecule has 0 atom stereocenters. The molecule has 2 aromatic carbocycles. The maximum atomic E-state index is 3.61. The van der Waals surface area contributed by atoms with Gasteiger partial charge >= 0.3 is 0 Å². The minimum absolute atomic E-state index is 1.07. The second kappa shape index (κ2) is 4.62. The van der Waals surface area contributed by atoms with Crippen LogP contribution in [-0.4, -0.2) is 4.98 Å². The number of fused-ring (bicyclic) bond motifs is 4. The van der Waals surface area contributed by atoms with E-state index in [2.05, 4.69) is 55.2 Å². The molecule has 3 rings (SSSR count). The highest BCUT2D eigenvalue weighted by atomic mass is 32.1. The van der Waals surface area contributed by atoms with Crippen molar-refractivity contribution in [3.05, 3.63) is 47.5 Å². The number of rotatable bonds is 2. The van der Waals surface area contributed by atoms with Crippen LogP contribution in [0.3, 0.4) is 0 Å². The Morgan fingerprint density at radius 3 is 1.78 bits per heavy atom. The van der Waals surface area contributed by atoms with Gasteiger partial charge < -0.3 is 4.98 Å². The van der Waals surface area contributed by atoms with E-state index in [1.165, 1.54) is 31.6 Å². The predicted molar refractivity (Wildman–Crippen MR) is 81.3 cm³/mol. The average molecular weight is 255 g/mol. The molecule has 0 fully saturated rings. The Morgan fingerprint density at radius 1 is 0.833 bits per heavy atom. The monoisotopic (exact) mass is 255 g/mol. The van der Waals surface area contributed by atoms with Gasteiger partial charge in [0.1, 0.15) is 0 Å². The number of hydrogen-bond acceptors (Lipinski definition) is 1. The first-order chi connectivity index (χ1) is 8.83. The van der Waals surface area contributed by atoms with E-state index < -0.39 is 0 Å². The van der Waals surface area contributed by atoms with E-state index in [4.69, 9.17) is 0 Å². The van der Waals surface area contributed by atoms with E-state index in [1.54, 1.807) is 0 Å². The summed E-state index contributed by atoms with van der Waals surface area (Å²) in [5, 5.41) is 0. The van der Waals surface area contributed by atoms with Crippen LogP contribution in [-0.2, 0) is 12.8 Å². The van der Waals surface area contributed by atoms with Gasteiger partial charge in [-0.25, -0.2) is 0 Å². The van der Waals surface area contributed by atoms with Gasteiger partial charge in [0.15, 0.2) is 0 Å². The highest BCUT2D eigenvalue weighted by Crippen LogP contribution is 2.28. The van der Waals surface area contributed by atoms with E-state index in [0.717, 1.165) is 12.8 Å². The van der Waals surface area contributed by atoms with Crippen LogP contribution < -0.4 is 0 Å². The smallest absolute Gasteiger partial charge is 0.0430 e. The summed E-state index contributed by atoms with van der Waals surface area (Å²) in [6.45, 7) is 4.45. The molecule has 1 aromatic heterocycles. The number of H-pyrrole nitrogens is 1. The molecule has 0 aliphatic heterocycles. The zero-order valence-corrected chi connectivity index (χ0v) is 11.6. The molecule has 2 heteroatoms. The van der Waals surface area contributed by atoms with Crippen molar-refractivity contribution in [2.75, 3.05) is 0 Å². The third-order valence-electron chi connectivity index (χ3n) is 3.46. The van der Waals surface area contributed by atoms with Gasteiger partial charge in [-0.1, -0.05) is 26.0 Å².